The first kappa shape index (κ1) is 13.6. The molecule has 3 heteroatoms. The Hall–Kier alpha value is -1.87. The highest BCUT2D eigenvalue weighted by atomic mass is 16.3. The van der Waals surface area contributed by atoms with Gasteiger partial charge in [0, 0.05) is 17.9 Å². The van der Waals surface area contributed by atoms with Crippen molar-refractivity contribution in [1.29, 1.82) is 0 Å². The third kappa shape index (κ3) is 2.93. The summed E-state index contributed by atoms with van der Waals surface area (Å²) < 4.78 is 0. The van der Waals surface area contributed by atoms with Gasteiger partial charge in [0.2, 0.25) is 0 Å². The molecule has 19 heavy (non-hydrogen) atoms. The van der Waals surface area contributed by atoms with Crippen molar-refractivity contribution >= 4 is 11.5 Å². The molecule has 0 aliphatic heterocycles. The Morgan fingerprint density at radius 3 is 2.26 bits per heavy atom. The number of pyridine rings is 1. The van der Waals surface area contributed by atoms with Crippen LogP contribution in [0.15, 0.2) is 36.4 Å². The van der Waals surface area contributed by atoms with Gasteiger partial charge < -0.3 is 10.0 Å². The molecule has 0 saturated heterocycles. The van der Waals surface area contributed by atoms with Crippen LogP contribution in [0.1, 0.15) is 23.7 Å². The van der Waals surface area contributed by atoms with Crippen molar-refractivity contribution in [2.24, 2.45) is 0 Å². The minimum atomic E-state index is 0.0375. The monoisotopic (exact) mass is 256 g/mol. The van der Waals surface area contributed by atoms with E-state index in [4.69, 9.17) is 0 Å². The van der Waals surface area contributed by atoms with E-state index in [2.05, 4.69) is 48.0 Å². The molecule has 0 saturated carbocycles. The molecule has 0 unspecified atom stereocenters. The minimum absolute atomic E-state index is 0.0375. The zero-order chi connectivity index (χ0) is 13.8. The molecule has 1 aromatic carbocycles. The number of nitrogens with zero attached hydrogens (tertiary/aromatic N) is 2. The maximum absolute atomic E-state index is 9.20. The lowest BCUT2D eigenvalue weighted by molar-refractivity contribution is 0.280. The van der Waals surface area contributed by atoms with Gasteiger partial charge in [-0.15, -0.1) is 0 Å². The second kappa shape index (κ2) is 5.85. The maximum atomic E-state index is 9.20. The van der Waals surface area contributed by atoms with Gasteiger partial charge in [0.05, 0.1) is 6.61 Å². The van der Waals surface area contributed by atoms with Crippen LogP contribution in [0.4, 0.5) is 11.5 Å². The summed E-state index contributed by atoms with van der Waals surface area (Å²) >= 11 is 0. The summed E-state index contributed by atoms with van der Waals surface area (Å²) in [6.07, 6.45) is 0. The molecule has 0 aliphatic carbocycles. The zero-order valence-electron chi connectivity index (χ0n) is 11.7. The molecular formula is C16H20N2O. The third-order valence-electron chi connectivity index (χ3n) is 3.29. The number of aromatic nitrogens is 1. The van der Waals surface area contributed by atoms with E-state index in [1.165, 1.54) is 5.56 Å². The largest absolute Gasteiger partial charge is 0.392 e. The predicted molar refractivity (Wildman–Crippen MR) is 78.8 cm³/mol. The van der Waals surface area contributed by atoms with Crippen LogP contribution in [-0.4, -0.2) is 16.6 Å². The van der Waals surface area contributed by atoms with Crippen molar-refractivity contribution in [2.45, 2.75) is 27.4 Å². The Labute approximate surface area is 114 Å². The molecule has 1 N–H and O–H groups in total. The van der Waals surface area contributed by atoms with Gasteiger partial charge >= 0.3 is 0 Å². The van der Waals surface area contributed by atoms with E-state index in [0.29, 0.717) is 0 Å². The second-order valence-electron chi connectivity index (χ2n) is 4.65. The first-order valence-electron chi connectivity index (χ1n) is 6.57. The number of rotatable bonds is 4. The lowest BCUT2D eigenvalue weighted by atomic mass is 10.2. The van der Waals surface area contributed by atoms with Gasteiger partial charge in [0.25, 0.3) is 0 Å². The molecule has 2 aromatic rings. The van der Waals surface area contributed by atoms with Crippen molar-refractivity contribution in [3.8, 4) is 0 Å². The molecular weight excluding hydrogens is 236 g/mol. The molecule has 0 fully saturated rings. The molecule has 1 aromatic heterocycles. The highest BCUT2D eigenvalue weighted by Gasteiger charge is 2.09. The highest BCUT2D eigenvalue weighted by Crippen LogP contribution is 2.24. The SMILES string of the molecule is CCN(c1ccc(C)cc1)c1ccc(CO)c(C)n1. The summed E-state index contributed by atoms with van der Waals surface area (Å²) in [5, 5.41) is 9.20. The van der Waals surface area contributed by atoms with Gasteiger partial charge in [-0.3, -0.25) is 0 Å². The standard InChI is InChI=1S/C16H20N2O/c1-4-18(15-8-5-12(2)6-9-15)16-10-7-14(11-19)13(3)17-16/h5-10,19H,4,11H2,1-3H3. The van der Waals surface area contributed by atoms with E-state index < -0.39 is 0 Å². The fourth-order valence-corrected chi connectivity index (χ4v) is 2.10. The smallest absolute Gasteiger partial charge is 0.133 e. The average molecular weight is 256 g/mol. The highest BCUT2D eigenvalue weighted by molar-refractivity contribution is 5.60. The summed E-state index contributed by atoms with van der Waals surface area (Å²) in [6.45, 7) is 7.01. The van der Waals surface area contributed by atoms with Gasteiger partial charge in [-0.1, -0.05) is 23.8 Å². The van der Waals surface area contributed by atoms with Crippen LogP contribution >= 0.6 is 0 Å². The number of anilines is 2. The number of hydrogen-bond donors (Lipinski definition) is 1. The van der Waals surface area contributed by atoms with Crippen molar-refractivity contribution in [1.82, 2.24) is 4.98 Å². The summed E-state index contributed by atoms with van der Waals surface area (Å²) in [6, 6.07) is 12.3. The van der Waals surface area contributed by atoms with Crippen LogP contribution in [0.25, 0.3) is 0 Å². The molecule has 3 nitrogen and oxygen atoms in total. The summed E-state index contributed by atoms with van der Waals surface area (Å²) in [7, 11) is 0. The Balaban J connectivity index is 2.36. The van der Waals surface area contributed by atoms with Gasteiger partial charge in [-0.25, -0.2) is 4.98 Å². The van der Waals surface area contributed by atoms with E-state index in [0.717, 1.165) is 29.3 Å². The van der Waals surface area contributed by atoms with Gasteiger partial charge in [0.1, 0.15) is 5.82 Å². The molecule has 0 radical (unpaired) electrons. The molecule has 0 aliphatic rings. The van der Waals surface area contributed by atoms with E-state index in [1.807, 2.05) is 19.1 Å². The molecule has 0 bridgehead atoms. The third-order valence-corrected chi connectivity index (χ3v) is 3.29. The van der Waals surface area contributed by atoms with Crippen LogP contribution < -0.4 is 4.90 Å². The number of aliphatic hydroxyl groups excluding tert-OH is 1. The fourth-order valence-electron chi connectivity index (χ4n) is 2.10. The van der Waals surface area contributed by atoms with Gasteiger partial charge in [-0.2, -0.15) is 0 Å². The summed E-state index contributed by atoms with van der Waals surface area (Å²) in [4.78, 5) is 6.74. The zero-order valence-corrected chi connectivity index (χ0v) is 11.7. The van der Waals surface area contributed by atoms with Crippen LogP contribution in [0.3, 0.4) is 0 Å². The van der Waals surface area contributed by atoms with E-state index >= 15 is 0 Å². The van der Waals surface area contributed by atoms with Crippen LogP contribution in [0, 0.1) is 13.8 Å². The summed E-state index contributed by atoms with van der Waals surface area (Å²) in [5.41, 5.74) is 4.14. The Kier molecular flexibility index (Phi) is 4.17. The number of hydrogen-bond acceptors (Lipinski definition) is 3. The van der Waals surface area contributed by atoms with E-state index in [1.54, 1.807) is 0 Å². The minimum Gasteiger partial charge on any atom is -0.392 e. The van der Waals surface area contributed by atoms with Crippen molar-refractivity contribution in [3.63, 3.8) is 0 Å². The molecule has 100 valence electrons. The molecule has 0 spiro atoms. The number of aryl methyl sites for hydroxylation is 2. The van der Waals surface area contributed by atoms with Crippen molar-refractivity contribution < 1.29 is 5.11 Å². The van der Waals surface area contributed by atoms with Crippen LogP contribution in [0.2, 0.25) is 0 Å². The van der Waals surface area contributed by atoms with Crippen molar-refractivity contribution in [3.05, 3.63) is 53.2 Å². The molecule has 0 atom stereocenters. The molecule has 2 rings (SSSR count). The van der Waals surface area contributed by atoms with E-state index in [9.17, 15) is 5.11 Å². The molecule has 1 heterocycles. The number of benzene rings is 1. The topological polar surface area (TPSA) is 36.4 Å². The van der Waals surface area contributed by atoms with Crippen molar-refractivity contribution in [2.75, 3.05) is 11.4 Å². The number of aliphatic hydroxyl groups is 1. The average Bonchev–Trinajstić information content (AvgIpc) is 2.42. The normalized spacial score (nSPS) is 10.5. The van der Waals surface area contributed by atoms with Crippen LogP contribution in [0.5, 0.6) is 0 Å². The lowest BCUT2D eigenvalue weighted by Gasteiger charge is -2.23. The quantitative estimate of drug-likeness (QED) is 0.911. The van der Waals surface area contributed by atoms with E-state index in [-0.39, 0.29) is 6.61 Å². The Morgan fingerprint density at radius 1 is 1.05 bits per heavy atom. The predicted octanol–water partition coefficient (Wildman–Crippen LogP) is 3.35. The van der Waals surface area contributed by atoms with Crippen LogP contribution in [-0.2, 0) is 6.61 Å². The first-order valence-corrected chi connectivity index (χ1v) is 6.57. The van der Waals surface area contributed by atoms with Gasteiger partial charge in [0.15, 0.2) is 0 Å². The lowest BCUT2D eigenvalue weighted by Crippen LogP contribution is -2.17. The maximum Gasteiger partial charge on any atom is 0.133 e. The summed E-state index contributed by atoms with van der Waals surface area (Å²) in [5.74, 6) is 0.918. The first-order chi connectivity index (χ1) is 9.15. The second-order valence-corrected chi connectivity index (χ2v) is 4.65. The Bertz CT molecular complexity index is 549. The fraction of sp³-hybridized carbons (Fsp3) is 0.312. The molecule has 0 amide bonds. The Morgan fingerprint density at radius 2 is 1.74 bits per heavy atom. The van der Waals surface area contributed by atoms with Gasteiger partial charge in [-0.05, 0) is 44.5 Å².